The molecule has 2 rings (SSSR count). The molecule has 1 amide bonds. The molecule has 1 heterocycles. The third kappa shape index (κ3) is 4.16. The molecule has 1 aromatic carbocycles. The molecule has 0 fully saturated rings. The Bertz CT molecular complexity index is 578. The van der Waals surface area contributed by atoms with E-state index in [1.165, 1.54) is 0 Å². The van der Waals surface area contributed by atoms with E-state index >= 15 is 0 Å². The van der Waals surface area contributed by atoms with Crippen molar-refractivity contribution in [1.29, 1.82) is 0 Å². The van der Waals surface area contributed by atoms with Crippen LogP contribution in [0.3, 0.4) is 0 Å². The quantitative estimate of drug-likeness (QED) is 0.910. The van der Waals surface area contributed by atoms with Crippen LogP contribution in [0.15, 0.2) is 33.3 Å². The van der Waals surface area contributed by atoms with Gasteiger partial charge in [-0.1, -0.05) is 21.1 Å². The van der Waals surface area contributed by atoms with E-state index in [4.69, 9.17) is 4.52 Å². The van der Waals surface area contributed by atoms with Gasteiger partial charge in [0.05, 0.1) is 0 Å². The molecule has 1 N–H and O–H groups in total. The lowest BCUT2D eigenvalue weighted by molar-refractivity contribution is -0.121. The summed E-state index contributed by atoms with van der Waals surface area (Å²) in [5, 5.41) is 6.75. The van der Waals surface area contributed by atoms with Crippen LogP contribution in [0.5, 0.6) is 0 Å². The van der Waals surface area contributed by atoms with E-state index in [1.54, 1.807) is 0 Å². The summed E-state index contributed by atoms with van der Waals surface area (Å²) in [6, 6.07) is 7.79. The predicted octanol–water partition coefficient (Wildman–Crippen LogP) is 2.96. The lowest BCUT2D eigenvalue weighted by Crippen LogP contribution is -2.30. The zero-order valence-corrected chi connectivity index (χ0v) is 13.0. The first-order valence-electron chi connectivity index (χ1n) is 6.42. The topological polar surface area (TPSA) is 68.0 Å². The van der Waals surface area contributed by atoms with Gasteiger partial charge >= 0.3 is 0 Å². The van der Waals surface area contributed by atoms with Crippen molar-refractivity contribution in [3.63, 3.8) is 0 Å². The van der Waals surface area contributed by atoms with Gasteiger partial charge in [-0.15, -0.1) is 0 Å². The van der Waals surface area contributed by atoms with Crippen molar-refractivity contribution in [2.45, 2.75) is 32.7 Å². The average molecular weight is 338 g/mol. The molecule has 0 atom stereocenters. The maximum Gasteiger partial charge on any atom is 0.227 e. The lowest BCUT2D eigenvalue weighted by Gasteiger charge is -2.06. The van der Waals surface area contributed by atoms with Gasteiger partial charge in [-0.2, -0.15) is 4.98 Å². The number of aryl methyl sites for hydroxylation is 1. The van der Waals surface area contributed by atoms with Crippen LogP contribution in [0.4, 0.5) is 0 Å². The SMILES string of the molecule is CC(C)NC(=O)CCc1nc(-c2ccc(Br)cc2)no1. The molecule has 5 nitrogen and oxygen atoms in total. The van der Waals surface area contributed by atoms with Crippen LogP contribution in [-0.2, 0) is 11.2 Å². The molecular formula is C14H16BrN3O2. The van der Waals surface area contributed by atoms with Gasteiger partial charge in [0.2, 0.25) is 17.6 Å². The maximum atomic E-state index is 11.5. The summed E-state index contributed by atoms with van der Waals surface area (Å²) in [7, 11) is 0. The number of rotatable bonds is 5. The molecule has 0 unspecified atom stereocenters. The van der Waals surface area contributed by atoms with E-state index in [2.05, 4.69) is 31.4 Å². The molecule has 0 aliphatic heterocycles. The van der Waals surface area contributed by atoms with Crippen molar-refractivity contribution >= 4 is 21.8 Å². The molecule has 2 aromatic rings. The predicted molar refractivity (Wildman–Crippen MR) is 79.0 cm³/mol. The van der Waals surface area contributed by atoms with E-state index in [1.807, 2.05) is 38.1 Å². The second kappa shape index (κ2) is 6.65. The number of carbonyl (C=O) groups is 1. The first-order chi connectivity index (χ1) is 9.54. The number of aromatic nitrogens is 2. The first-order valence-corrected chi connectivity index (χ1v) is 7.22. The summed E-state index contributed by atoms with van der Waals surface area (Å²) >= 11 is 3.37. The number of hydrogen-bond acceptors (Lipinski definition) is 4. The van der Waals surface area contributed by atoms with Crippen LogP contribution in [0.1, 0.15) is 26.2 Å². The highest BCUT2D eigenvalue weighted by Gasteiger charge is 2.11. The van der Waals surface area contributed by atoms with Gasteiger partial charge in [0.15, 0.2) is 0 Å². The first kappa shape index (κ1) is 14.7. The normalized spacial score (nSPS) is 10.8. The smallest absolute Gasteiger partial charge is 0.227 e. The van der Waals surface area contributed by atoms with Gasteiger partial charge in [-0.25, -0.2) is 0 Å². The van der Waals surface area contributed by atoms with Gasteiger partial charge < -0.3 is 9.84 Å². The Kier molecular flexibility index (Phi) is 4.89. The minimum absolute atomic E-state index is 0.0107. The van der Waals surface area contributed by atoms with Crippen LogP contribution < -0.4 is 5.32 Å². The van der Waals surface area contributed by atoms with Crippen molar-refractivity contribution < 1.29 is 9.32 Å². The largest absolute Gasteiger partial charge is 0.354 e. The maximum absolute atomic E-state index is 11.5. The summed E-state index contributed by atoms with van der Waals surface area (Å²) in [6.07, 6.45) is 0.794. The zero-order chi connectivity index (χ0) is 14.5. The molecule has 0 radical (unpaired) electrons. The van der Waals surface area contributed by atoms with Gasteiger partial charge in [-0.05, 0) is 38.1 Å². The summed E-state index contributed by atoms with van der Waals surface area (Å²) in [6.45, 7) is 3.85. The number of hydrogen-bond donors (Lipinski definition) is 1. The molecular weight excluding hydrogens is 322 g/mol. The highest BCUT2D eigenvalue weighted by Crippen LogP contribution is 2.19. The molecule has 0 saturated heterocycles. The standard InChI is InChI=1S/C14H16BrN3O2/c1-9(2)16-12(19)7-8-13-17-14(18-20-13)10-3-5-11(15)6-4-10/h3-6,9H,7-8H2,1-2H3,(H,16,19). The second-order valence-electron chi connectivity index (χ2n) is 4.74. The molecule has 0 spiro atoms. The minimum atomic E-state index is -0.0107. The average Bonchev–Trinajstić information content (AvgIpc) is 2.85. The number of carbonyl (C=O) groups excluding carboxylic acids is 1. The van der Waals surface area contributed by atoms with E-state index in [9.17, 15) is 4.79 Å². The molecule has 0 bridgehead atoms. The third-order valence-corrected chi connectivity index (χ3v) is 3.11. The summed E-state index contributed by atoms with van der Waals surface area (Å²) < 4.78 is 6.15. The van der Waals surface area contributed by atoms with Crippen LogP contribution >= 0.6 is 15.9 Å². The van der Waals surface area contributed by atoms with Crippen molar-refractivity contribution in [1.82, 2.24) is 15.5 Å². The van der Waals surface area contributed by atoms with Gasteiger partial charge in [0.25, 0.3) is 0 Å². The Morgan fingerprint density at radius 3 is 2.70 bits per heavy atom. The van der Waals surface area contributed by atoms with E-state index < -0.39 is 0 Å². The lowest BCUT2D eigenvalue weighted by atomic mass is 10.2. The van der Waals surface area contributed by atoms with E-state index in [0.29, 0.717) is 24.6 Å². The van der Waals surface area contributed by atoms with Gasteiger partial charge in [0.1, 0.15) is 0 Å². The molecule has 0 aliphatic carbocycles. The Balaban J connectivity index is 1.95. The summed E-state index contributed by atoms with van der Waals surface area (Å²) in [4.78, 5) is 15.8. The van der Waals surface area contributed by atoms with Crippen LogP contribution in [0.25, 0.3) is 11.4 Å². The third-order valence-electron chi connectivity index (χ3n) is 2.59. The summed E-state index contributed by atoms with van der Waals surface area (Å²) in [5.41, 5.74) is 0.884. The number of halogens is 1. The molecule has 106 valence electrons. The number of benzene rings is 1. The fraction of sp³-hybridized carbons (Fsp3) is 0.357. The number of amides is 1. The molecule has 6 heteroatoms. The van der Waals surface area contributed by atoms with Gasteiger partial charge in [0, 0.05) is 28.9 Å². The van der Waals surface area contributed by atoms with Crippen LogP contribution in [0.2, 0.25) is 0 Å². The van der Waals surface area contributed by atoms with Crippen molar-refractivity contribution in [2.75, 3.05) is 0 Å². The van der Waals surface area contributed by atoms with Crippen LogP contribution in [0, 0.1) is 0 Å². The molecule has 1 aromatic heterocycles. The highest BCUT2D eigenvalue weighted by atomic mass is 79.9. The Morgan fingerprint density at radius 1 is 1.35 bits per heavy atom. The number of nitrogens with zero attached hydrogens (tertiary/aromatic N) is 2. The van der Waals surface area contributed by atoms with Gasteiger partial charge in [-0.3, -0.25) is 4.79 Å². The van der Waals surface area contributed by atoms with Crippen molar-refractivity contribution in [3.05, 3.63) is 34.6 Å². The highest BCUT2D eigenvalue weighted by molar-refractivity contribution is 9.10. The fourth-order valence-corrected chi connectivity index (χ4v) is 1.95. The Morgan fingerprint density at radius 2 is 2.05 bits per heavy atom. The van der Waals surface area contributed by atoms with Crippen LogP contribution in [-0.4, -0.2) is 22.1 Å². The fourth-order valence-electron chi connectivity index (χ4n) is 1.69. The minimum Gasteiger partial charge on any atom is -0.354 e. The second-order valence-corrected chi connectivity index (χ2v) is 5.66. The Hall–Kier alpha value is -1.69. The van der Waals surface area contributed by atoms with Crippen molar-refractivity contribution in [2.24, 2.45) is 0 Å². The monoisotopic (exact) mass is 337 g/mol. The molecule has 20 heavy (non-hydrogen) atoms. The number of nitrogens with one attached hydrogen (secondary N) is 1. The van der Waals surface area contributed by atoms with Crippen molar-refractivity contribution in [3.8, 4) is 11.4 Å². The van der Waals surface area contributed by atoms with E-state index in [0.717, 1.165) is 10.0 Å². The summed E-state index contributed by atoms with van der Waals surface area (Å²) in [5.74, 6) is 1.00. The molecule has 0 saturated carbocycles. The Labute approximate surface area is 125 Å². The molecule has 0 aliphatic rings. The zero-order valence-electron chi connectivity index (χ0n) is 11.4. The van der Waals surface area contributed by atoms with E-state index in [-0.39, 0.29) is 11.9 Å².